The van der Waals surface area contributed by atoms with Gasteiger partial charge < -0.3 is 9.64 Å². The highest BCUT2D eigenvalue weighted by Crippen LogP contribution is 2.37. The summed E-state index contributed by atoms with van der Waals surface area (Å²) >= 11 is 0. The van der Waals surface area contributed by atoms with Crippen LogP contribution in [0.4, 0.5) is 11.4 Å². The van der Waals surface area contributed by atoms with Crippen molar-refractivity contribution in [1.29, 1.82) is 0 Å². The van der Waals surface area contributed by atoms with E-state index in [4.69, 9.17) is 4.74 Å². The van der Waals surface area contributed by atoms with Gasteiger partial charge >= 0.3 is 5.69 Å². The number of nitro benzene ring substituents is 1. The molecule has 162 valence electrons. The summed E-state index contributed by atoms with van der Waals surface area (Å²) in [6, 6.07) is 4.56. The van der Waals surface area contributed by atoms with Crippen molar-refractivity contribution in [1.82, 2.24) is 4.90 Å². The van der Waals surface area contributed by atoms with Gasteiger partial charge in [-0.1, -0.05) is 6.07 Å². The lowest BCUT2D eigenvalue weighted by Crippen LogP contribution is -2.46. The molecule has 0 bridgehead atoms. The monoisotopic (exact) mass is 425 g/mol. The van der Waals surface area contributed by atoms with Crippen LogP contribution in [-0.4, -0.2) is 69.4 Å². The van der Waals surface area contributed by atoms with E-state index in [0.29, 0.717) is 24.7 Å². The number of anilines is 1. The number of benzene rings is 1. The Morgan fingerprint density at radius 3 is 2.34 bits per heavy atom. The third-order valence-electron chi connectivity index (χ3n) is 5.86. The van der Waals surface area contributed by atoms with Crippen LogP contribution in [0.25, 0.3) is 0 Å². The Bertz CT molecular complexity index is 827. The summed E-state index contributed by atoms with van der Waals surface area (Å²) in [6.07, 6.45) is 4.56. The predicted molar refractivity (Wildman–Crippen MR) is 112 cm³/mol. The van der Waals surface area contributed by atoms with Gasteiger partial charge in [0.2, 0.25) is 0 Å². The maximum absolute atomic E-state index is 12.0. The van der Waals surface area contributed by atoms with Gasteiger partial charge in [0, 0.05) is 32.4 Å². The van der Waals surface area contributed by atoms with E-state index in [0.717, 1.165) is 45.2 Å². The zero-order chi connectivity index (χ0) is 21.2. The molecule has 2 heterocycles. The summed E-state index contributed by atoms with van der Waals surface area (Å²) in [5.41, 5.74) is 0.108. The van der Waals surface area contributed by atoms with Crippen LogP contribution >= 0.6 is 0 Å². The average Bonchev–Trinajstić information content (AvgIpc) is 2.64. The van der Waals surface area contributed by atoms with E-state index in [2.05, 4.69) is 18.7 Å². The van der Waals surface area contributed by atoms with Crippen molar-refractivity contribution < 1.29 is 18.1 Å². The van der Waals surface area contributed by atoms with Crippen LogP contribution in [-0.2, 0) is 14.6 Å². The Morgan fingerprint density at radius 1 is 1.17 bits per heavy atom. The van der Waals surface area contributed by atoms with Gasteiger partial charge in [-0.25, -0.2) is 8.42 Å². The molecule has 2 saturated heterocycles. The first-order valence-corrected chi connectivity index (χ1v) is 12.1. The highest BCUT2D eigenvalue weighted by atomic mass is 32.2. The van der Waals surface area contributed by atoms with E-state index in [1.807, 2.05) is 4.90 Å². The van der Waals surface area contributed by atoms with Crippen LogP contribution in [0.5, 0.6) is 0 Å². The van der Waals surface area contributed by atoms with Gasteiger partial charge in [-0.3, -0.25) is 15.0 Å². The molecule has 0 N–H and O–H groups in total. The summed E-state index contributed by atoms with van der Waals surface area (Å²) in [6.45, 7) is 8.61. The number of nitro groups is 1. The molecule has 0 aliphatic carbocycles. The summed E-state index contributed by atoms with van der Waals surface area (Å²) in [7, 11) is -3.66. The van der Waals surface area contributed by atoms with Crippen LogP contribution in [0.3, 0.4) is 0 Å². The second-order valence-corrected chi connectivity index (χ2v) is 10.4. The SMILES string of the molecule is CC1CN(CCC2CCN(c3cccc(S(C)(=O)=O)c3[N+](=O)[O-])CC2)CC(C)O1. The van der Waals surface area contributed by atoms with Crippen molar-refractivity contribution in [2.24, 2.45) is 5.92 Å². The molecule has 1 aromatic rings. The summed E-state index contributed by atoms with van der Waals surface area (Å²) in [5.74, 6) is 0.580. The molecule has 0 radical (unpaired) electrons. The Kier molecular flexibility index (Phi) is 6.80. The molecule has 0 spiro atoms. The van der Waals surface area contributed by atoms with E-state index in [1.165, 1.54) is 6.07 Å². The van der Waals surface area contributed by atoms with Gasteiger partial charge in [0.1, 0.15) is 10.6 Å². The Balaban J connectivity index is 1.62. The standard InChI is InChI=1S/C20H31N3O5S/c1-15-13-21(14-16(2)28-15)10-7-17-8-11-22(12-9-17)18-5-4-6-19(29(3,26)27)20(18)23(24)25/h4-6,15-17H,7-14H2,1-3H3. The Hall–Kier alpha value is -1.71. The molecule has 9 heteroatoms. The van der Waals surface area contributed by atoms with Crippen molar-refractivity contribution in [2.75, 3.05) is 43.9 Å². The highest BCUT2D eigenvalue weighted by Gasteiger charge is 2.31. The van der Waals surface area contributed by atoms with Crippen molar-refractivity contribution in [3.05, 3.63) is 28.3 Å². The molecule has 0 saturated carbocycles. The molecule has 2 atom stereocenters. The van der Waals surface area contributed by atoms with Gasteiger partial charge in [-0.2, -0.15) is 0 Å². The molecule has 2 fully saturated rings. The van der Waals surface area contributed by atoms with Gasteiger partial charge in [-0.05, 0) is 57.7 Å². The fraction of sp³-hybridized carbons (Fsp3) is 0.700. The summed E-state index contributed by atoms with van der Waals surface area (Å²) < 4.78 is 29.8. The summed E-state index contributed by atoms with van der Waals surface area (Å²) in [5, 5.41) is 11.6. The van der Waals surface area contributed by atoms with Crippen LogP contribution in [0.15, 0.2) is 23.1 Å². The lowest BCUT2D eigenvalue weighted by atomic mass is 9.92. The third-order valence-corrected chi connectivity index (χ3v) is 6.99. The normalized spacial score (nSPS) is 24.6. The number of sulfone groups is 1. The number of piperidine rings is 1. The van der Waals surface area contributed by atoms with Gasteiger partial charge in [0.15, 0.2) is 9.84 Å². The minimum absolute atomic E-state index is 0.210. The van der Waals surface area contributed by atoms with Crippen LogP contribution in [0.1, 0.15) is 33.1 Å². The molecular weight excluding hydrogens is 394 g/mol. The first kappa shape index (κ1) is 22.0. The Morgan fingerprint density at radius 2 is 1.79 bits per heavy atom. The molecule has 1 aromatic carbocycles. The smallest absolute Gasteiger partial charge is 0.311 e. The minimum atomic E-state index is -3.66. The second kappa shape index (κ2) is 8.97. The number of hydrogen-bond acceptors (Lipinski definition) is 7. The maximum Gasteiger partial charge on any atom is 0.311 e. The van der Waals surface area contributed by atoms with Crippen molar-refractivity contribution in [3.8, 4) is 0 Å². The van der Waals surface area contributed by atoms with Crippen molar-refractivity contribution in [2.45, 2.75) is 50.2 Å². The van der Waals surface area contributed by atoms with Crippen molar-refractivity contribution >= 4 is 21.2 Å². The topological polar surface area (TPSA) is 93.0 Å². The van der Waals surface area contributed by atoms with Crippen LogP contribution in [0, 0.1) is 16.0 Å². The maximum atomic E-state index is 12.0. The van der Waals surface area contributed by atoms with E-state index in [-0.39, 0.29) is 22.8 Å². The minimum Gasteiger partial charge on any atom is -0.373 e. The molecule has 3 rings (SSSR count). The number of hydrogen-bond donors (Lipinski definition) is 0. The van der Waals surface area contributed by atoms with E-state index in [9.17, 15) is 18.5 Å². The molecule has 0 amide bonds. The molecule has 0 aromatic heterocycles. The zero-order valence-corrected chi connectivity index (χ0v) is 18.2. The lowest BCUT2D eigenvalue weighted by molar-refractivity contribution is -0.387. The van der Waals surface area contributed by atoms with E-state index >= 15 is 0 Å². The third kappa shape index (κ3) is 5.46. The van der Waals surface area contributed by atoms with Crippen molar-refractivity contribution in [3.63, 3.8) is 0 Å². The van der Waals surface area contributed by atoms with E-state index in [1.54, 1.807) is 12.1 Å². The fourth-order valence-electron chi connectivity index (χ4n) is 4.54. The van der Waals surface area contributed by atoms with Gasteiger partial charge in [-0.15, -0.1) is 0 Å². The zero-order valence-electron chi connectivity index (χ0n) is 17.4. The first-order valence-electron chi connectivity index (χ1n) is 10.3. The first-order chi connectivity index (χ1) is 13.6. The second-order valence-electron chi connectivity index (χ2n) is 8.39. The summed E-state index contributed by atoms with van der Waals surface area (Å²) in [4.78, 5) is 15.3. The predicted octanol–water partition coefficient (Wildman–Crippen LogP) is 2.71. The number of para-hydroxylation sites is 1. The molecule has 8 nitrogen and oxygen atoms in total. The Labute approximate surface area is 172 Å². The largest absolute Gasteiger partial charge is 0.373 e. The number of ether oxygens (including phenoxy) is 1. The molecule has 2 aliphatic heterocycles. The highest BCUT2D eigenvalue weighted by molar-refractivity contribution is 7.90. The number of morpholine rings is 1. The molecule has 29 heavy (non-hydrogen) atoms. The average molecular weight is 426 g/mol. The molecule has 2 aliphatic rings. The van der Waals surface area contributed by atoms with Gasteiger partial charge in [0.05, 0.1) is 17.1 Å². The fourth-order valence-corrected chi connectivity index (χ4v) is 5.40. The van der Waals surface area contributed by atoms with Crippen LogP contribution in [0.2, 0.25) is 0 Å². The molecular formula is C20H31N3O5S. The lowest BCUT2D eigenvalue weighted by Gasteiger charge is -2.37. The quantitative estimate of drug-likeness (QED) is 0.511. The molecule has 2 unspecified atom stereocenters. The number of rotatable bonds is 6. The van der Waals surface area contributed by atoms with Gasteiger partial charge in [0.25, 0.3) is 0 Å². The van der Waals surface area contributed by atoms with E-state index < -0.39 is 14.8 Å². The van der Waals surface area contributed by atoms with Crippen LogP contribution < -0.4 is 4.90 Å². The number of nitrogens with zero attached hydrogens (tertiary/aromatic N) is 3.